The number of nitrogens with zero attached hydrogens (tertiary/aromatic N) is 1. The van der Waals surface area contributed by atoms with Gasteiger partial charge in [-0.15, -0.1) is 0 Å². The first kappa shape index (κ1) is 9.99. The molecule has 0 bridgehead atoms. The van der Waals surface area contributed by atoms with Gasteiger partial charge in [0.05, 0.1) is 5.69 Å². The molecule has 2 nitrogen and oxygen atoms in total. The summed E-state index contributed by atoms with van der Waals surface area (Å²) >= 11 is 0. The largest absolute Gasteiger partial charge is 0.350 e. The van der Waals surface area contributed by atoms with E-state index in [2.05, 4.69) is 65.6 Å². The SMILES string of the molecule is Cn1cccc1C[NH2+]Cc1ccccc1. The smallest absolute Gasteiger partial charge is 0.117 e. The Balaban J connectivity index is 1.83. The number of hydrogen-bond acceptors (Lipinski definition) is 0. The fraction of sp³-hybridized carbons (Fsp3) is 0.231. The normalized spacial score (nSPS) is 10.5. The van der Waals surface area contributed by atoms with Crippen LogP contribution in [0.3, 0.4) is 0 Å². The van der Waals surface area contributed by atoms with Gasteiger partial charge in [-0.1, -0.05) is 30.3 Å². The van der Waals surface area contributed by atoms with Gasteiger partial charge >= 0.3 is 0 Å². The van der Waals surface area contributed by atoms with Crippen LogP contribution in [0.5, 0.6) is 0 Å². The Morgan fingerprint density at radius 3 is 2.47 bits per heavy atom. The molecule has 2 N–H and O–H groups in total. The molecule has 2 rings (SSSR count). The van der Waals surface area contributed by atoms with Crippen molar-refractivity contribution >= 4 is 0 Å². The summed E-state index contributed by atoms with van der Waals surface area (Å²) < 4.78 is 2.17. The van der Waals surface area contributed by atoms with E-state index in [0.29, 0.717) is 0 Å². The highest BCUT2D eigenvalue weighted by molar-refractivity contribution is 5.13. The average Bonchev–Trinajstić information content (AvgIpc) is 2.66. The van der Waals surface area contributed by atoms with Crippen LogP contribution in [0.1, 0.15) is 11.3 Å². The first-order valence-electron chi connectivity index (χ1n) is 5.32. The highest BCUT2D eigenvalue weighted by atomic mass is 15.0. The number of benzene rings is 1. The van der Waals surface area contributed by atoms with E-state index in [4.69, 9.17) is 0 Å². The van der Waals surface area contributed by atoms with E-state index in [1.165, 1.54) is 11.3 Å². The highest BCUT2D eigenvalue weighted by Crippen LogP contribution is 1.97. The van der Waals surface area contributed by atoms with Crippen molar-refractivity contribution in [2.45, 2.75) is 13.1 Å². The zero-order chi connectivity index (χ0) is 10.5. The molecule has 0 amide bonds. The Kier molecular flexibility index (Phi) is 3.20. The van der Waals surface area contributed by atoms with Crippen molar-refractivity contribution in [2.24, 2.45) is 7.05 Å². The van der Waals surface area contributed by atoms with E-state index in [-0.39, 0.29) is 0 Å². The lowest BCUT2D eigenvalue weighted by Crippen LogP contribution is -2.81. The number of aromatic nitrogens is 1. The van der Waals surface area contributed by atoms with E-state index in [1.807, 2.05) is 0 Å². The van der Waals surface area contributed by atoms with Crippen molar-refractivity contribution in [3.8, 4) is 0 Å². The first-order valence-corrected chi connectivity index (χ1v) is 5.32. The van der Waals surface area contributed by atoms with Gasteiger partial charge in [0.1, 0.15) is 13.1 Å². The minimum Gasteiger partial charge on any atom is -0.350 e. The Bertz CT molecular complexity index is 403. The number of aryl methyl sites for hydroxylation is 1. The Morgan fingerprint density at radius 2 is 1.80 bits per heavy atom. The summed E-state index contributed by atoms with van der Waals surface area (Å²) in [5, 5.41) is 2.32. The van der Waals surface area contributed by atoms with E-state index in [9.17, 15) is 0 Å². The van der Waals surface area contributed by atoms with E-state index in [1.54, 1.807) is 0 Å². The molecule has 0 fully saturated rings. The van der Waals surface area contributed by atoms with Crippen LogP contribution in [0.4, 0.5) is 0 Å². The molecule has 0 atom stereocenters. The second-order valence-corrected chi connectivity index (χ2v) is 3.79. The van der Waals surface area contributed by atoms with Crippen LogP contribution in [0.15, 0.2) is 48.7 Å². The van der Waals surface area contributed by atoms with Crippen LogP contribution in [0.25, 0.3) is 0 Å². The number of rotatable bonds is 4. The first-order chi connectivity index (χ1) is 7.36. The lowest BCUT2D eigenvalue weighted by Gasteiger charge is -2.03. The van der Waals surface area contributed by atoms with Crippen LogP contribution >= 0.6 is 0 Å². The maximum Gasteiger partial charge on any atom is 0.117 e. The molecule has 15 heavy (non-hydrogen) atoms. The summed E-state index contributed by atoms with van der Waals surface area (Å²) in [5.74, 6) is 0. The second-order valence-electron chi connectivity index (χ2n) is 3.79. The molecule has 0 aliphatic heterocycles. The standard InChI is InChI=1S/C13H16N2/c1-15-9-5-8-13(15)11-14-10-12-6-3-2-4-7-12/h2-9,14H,10-11H2,1H3/p+1. The molecule has 1 heterocycles. The molecule has 0 saturated heterocycles. The molecule has 0 aliphatic rings. The van der Waals surface area contributed by atoms with Crippen molar-refractivity contribution in [3.05, 3.63) is 59.9 Å². The minimum atomic E-state index is 1.04. The van der Waals surface area contributed by atoms with Gasteiger partial charge in [0, 0.05) is 18.8 Å². The van der Waals surface area contributed by atoms with Crippen LogP contribution in [-0.4, -0.2) is 4.57 Å². The van der Waals surface area contributed by atoms with Crippen molar-refractivity contribution in [2.75, 3.05) is 0 Å². The summed E-state index contributed by atoms with van der Waals surface area (Å²) in [6.45, 7) is 2.09. The van der Waals surface area contributed by atoms with Crippen LogP contribution in [-0.2, 0) is 20.1 Å². The molecule has 1 aromatic heterocycles. The zero-order valence-electron chi connectivity index (χ0n) is 9.06. The molecule has 1 aromatic carbocycles. The van der Waals surface area contributed by atoms with Crippen LogP contribution < -0.4 is 5.32 Å². The molecule has 0 saturated carbocycles. The van der Waals surface area contributed by atoms with E-state index in [0.717, 1.165) is 13.1 Å². The fourth-order valence-electron chi connectivity index (χ4n) is 1.71. The van der Waals surface area contributed by atoms with Gasteiger partial charge < -0.3 is 9.88 Å². The average molecular weight is 201 g/mol. The minimum absolute atomic E-state index is 1.04. The molecule has 0 radical (unpaired) electrons. The molecular formula is C13H17N2+. The monoisotopic (exact) mass is 201 g/mol. The molecular weight excluding hydrogens is 184 g/mol. The fourth-order valence-corrected chi connectivity index (χ4v) is 1.71. The van der Waals surface area contributed by atoms with Gasteiger partial charge in [-0.05, 0) is 12.1 Å². The lowest BCUT2D eigenvalue weighted by atomic mass is 10.2. The summed E-state index contributed by atoms with van der Waals surface area (Å²) in [4.78, 5) is 0. The maximum atomic E-state index is 2.32. The van der Waals surface area contributed by atoms with Gasteiger partial charge in [0.2, 0.25) is 0 Å². The molecule has 2 heteroatoms. The van der Waals surface area contributed by atoms with Crippen molar-refractivity contribution in [1.29, 1.82) is 0 Å². The summed E-state index contributed by atoms with van der Waals surface area (Å²) in [7, 11) is 2.09. The van der Waals surface area contributed by atoms with E-state index >= 15 is 0 Å². The van der Waals surface area contributed by atoms with Crippen molar-refractivity contribution in [1.82, 2.24) is 4.57 Å². The maximum absolute atomic E-state index is 2.32. The third kappa shape index (κ3) is 2.70. The third-order valence-electron chi connectivity index (χ3n) is 2.63. The summed E-state index contributed by atoms with van der Waals surface area (Å²) in [5.41, 5.74) is 2.75. The van der Waals surface area contributed by atoms with Gasteiger partial charge in [-0.25, -0.2) is 0 Å². The number of quaternary nitrogens is 1. The topological polar surface area (TPSA) is 21.5 Å². The summed E-state index contributed by atoms with van der Waals surface area (Å²) in [6.07, 6.45) is 2.09. The lowest BCUT2D eigenvalue weighted by molar-refractivity contribution is -0.687. The van der Waals surface area contributed by atoms with Gasteiger partial charge in [-0.2, -0.15) is 0 Å². The Hall–Kier alpha value is -1.54. The number of hydrogen-bond donors (Lipinski definition) is 1. The van der Waals surface area contributed by atoms with Crippen molar-refractivity contribution in [3.63, 3.8) is 0 Å². The highest BCUT2D eigenvalue weighted by Gasteiger charge is 1.99. The molecule has 0 spiro atoms. The van der Waals surface area contributed by atoms with Crippen LogP contribution in [0, 0.1) is 0 Å². The van der Waals surface area contributed by atoms with Crippen LogP contribution in [0.2, 0.25) is 0 Å². The molecule has 2 aromatic rings. The molecule has 78 valence electrons. The summed E-state index contributed by atoms with van der Waals surface area (Å²) in [6, 6.07) is 14.8. The third-order valence-corrected chi connectivity index (χ3v) is 2.63. The van der Waals surface area contributed by atoms with E-state index < -0.39 is 0 Å². The van der Waals surface area contributed by atoms with Gasteiger partial charge in [0.15, 0.2) is 0 Å². The second kappa shape index (κ2) is 4.80. The molecule has 0 unspecified atom stereocenters. The van der Waals surface area contributed by atoms with Gasteiger partial charge in [-0.3, -0.25) is 0 Å². The van der Waals surface area contributed by atoms with Crippen molar-refractivity contribution < 1.29 is 5.32 Å². The quantitative estimate of drug-likeness (QED) is 0.770. The molecule has 0 aliphatic carbocycles. The Labute approximate surface area is 90.6 Å². The van der Waals surface area contributed by atoms with Gasteiger partial charge in [0.25, 0.3) is 0 Å². The predicted octanol–water partition coefficient (Wildman–Crippen LogP) is 1.29. The zero-order valence-corrected chi connectivity index (χ0v) is 9.06. The predicted molar refractivity (Wildman–Crippen MR) is 61.2 cm³/mol. The number of nitrogens with two attached hydrogens (primary N) is 1. The Morgan fingerprint density at radius 1 is 1.00 bits per heavy atom.